The molecular formula is C14H14N2O4. The van der Waals surface area contributed by atoms with Gasteiger partial charge in [-0.05, 0) is 25.1 Å². The smallest absolute Gasteiger partial charge is 0.339 e. The van der Waals surface area contributed by atoms with Crippen LogP contribution >= 0.6 is 0 Å². The summed E-state index contributed by atoms with van der Waals surface area (Å²) in [6, 6.07) is 5.34. The zero-order valence-electron chi connectivity index (χ0n) is 11.0. The highest BCUT2D eigenvalue weighted by Crippen LogP contribution is 2.35. The number of aromatic amines is 1. The summed E-state index contributed by atoms with van der Waals surface area (Å²) in [5, 5.41) is 16.0. The van der Waals surface area contributed by atoms with Crippen LogP contribution in [0.4, 0.5) is 0 Å². The van der Waals surface area contributed by atoms with Gasteiger partial charge in [0, 0.05) is 17.7 Å². The molecule has 1 aliphatic heterocycles. The quantitative estimate of drug-likeness (QED) is 0.877. The van der Waals surface area contributed by atoms with Gasteiger partial charge in [-0.3, -0.25) is 5.10 Å². The number of aromatic carboxylic acids is 1. The molecule has 1 aliphatic rings. The fraction of sp³-hybridized carbons (Fsp3) is 0.286. The van der Waals surface area contributed by atoms with Crippen molar-refractivity contribution in [3.8, 4) is 22.8 Å². The summed E-state index contributed by atoms with van der Waals surface area (Å²) in [5.74, 6) is 0.297. The first-order valence-corrected chi connectivity index (χ1v) is 6.35. The number of hydrogen-bond donors (Lipinski definition) is 2. The van der Waals surface area contributed by atoms with E-state index in [9.17, 15) is 9.90 Å². The molecule has 0 radical (unpaired) electrons. The van der Waals surface area contributed by atoms with Crippen LogP contribution in [0.2, 0.25) is 0 Å². The maximum atomic E-state index is 11.3. The van der Waals surface area contributed by atoms with Crippen molar-refractivity contribution < 1.29 is 19.4 Å². The van der Waals surface area contributed by atoms with E-state index in [0.29, 0.717) is 41.7 Å². The van der Waals surface area contributed by atoms with E-state index in [1.54, 1.807) is 25.1 Å². The molecule has 0 fully saturated rings. The first-order chi connectivity index (χ1) is 9.66. The van der Waals surface area contributed by atoms with Crippen molar-refractivity contribution in [1.82, 2.24) is 10.2 Å². The largest absolute Gasteiger partial charge is 0.490 e. The van der Waals surface area contributed by atoms with Gasteiger partial charge in [-0.25, -0.2) is 4.79 Å². The fourth-order valence-corrected chi connectivity index (χ4v) is 2.21. The van der Waals surface area contributed by atoms with Gasteiger partial charge < -0.3 is 14.6 Å². The number of carboxylic acids is 1. The predicted molar refractivity (Wildman–Crippen MR) is 71.3 cm³/mol. The summed E-state index contributed by atoms with van der Waals surface area (Å²) in [4.78, 5) is 11.3. The van der Waals surface area contributed by atoms with Crippen LogP contribution in [0.25, 0.3) is 11.3 Å². The lowest BCUT2D eigenvalue weighted by Crippen LogP contribution is -2.00. The molecule has 0 spiro atoms. The number of nitrogens with zero attached hydrogens (tertiary/aromatic N) is 1. The molecule has 0 amide bonds. The van der Waals surface area contributed by atoms with Gasteiger partial charge in [0.2, 0.25) is 0 Å². The molecule has 2 aromatic rings. The molecule has 0 aliphatic carbocycles. The standard InChI is InChI=1S/C14H14N2O4/c1-8-12(14(17)18)13(16-15-8)9-3-4-10-11(7-9)20-6-2-5-19-10/h3-4,7H,2,5-6H2,1H3,(H,15,16)(H,17,18). The van der Waals surface area contributed by atoms with Crippen LogP contribution in [0.1, 0.15) is 22.5 Å². The minimum absolute atomic E-state index is 0.180. The Labute approximate surface area is 115 Å². The van der Waals surface area contributed by atoms with Gasteiger partial charge in [0.15, 0.2) is 11.5 Å². The number of H-pyrrole nitrogens is 1. The highest BCUT2D eigenvalue weighted by molar-refractivity contribution is 5.96. The molecule has 0 bridgehead atoms. The Morgan fingerprint density at radius 1 is 1.30 bits per heavy atom. The van der Waals surface area contributed by atoms with Crippen LogP contribution in [-0.2, 0) is 0 Å². The Kier molecular flexibility index (Phi) is 3.06. The van der Waals surface area contributed by atoms with Crippen molar-refractivity contribution in [2.75, 3.05) is 13.2 Å². The average Bonchev–Trinajstić information content (AvgIpc) is 2.67. The number of carboxylic acid groups (broad SMARTS) is 1. The minimum Gasteiger partial charge on any atom is -0.490 e. The van der Waals surface area contributed by atoms with Gasteiger partial charge >= 0.3 is 5.97 Å². The second-order valence-electron chi connectivity index (χ2n) is 4.59. The normalized spacial score (nSPS) is 13.8. The van der Waals surface area contributed by atoms with Crippen LogP contribution in [0.15, 0.2) is 18.2 Å². The SMILES string of the molecule is Cc1[nH]nc(-c2ccc3c(c2)OCCCO3)c1C(=O)O. The first kappa shape index (κ1) is 12.5. The molecule has 6 nitrogen and oxygen atoms in total. The van der Waals surface area contributed by atoms with Crippen molar-refractivity contribution in [3.63, 3.8) is 0 Å². The minimum atomic E-state index is -1.00. The van der Waals surface area contributed by atoms with Crippen molar-refractivity contribution in [2.45, 2.75) is 13.3 Å². The number of fused-ring (bicyclic) bond motifs is 1. The van der Waals surface area contributed by atoms with E-state index in [4.69, 9.17) is 9.47 Å². The molecule has 0 saturated heterocycles. The van der Waals surface area contributed by atoms with E-state index in [1.165, 1.54) is 0 Å². The molecule has 1 aromatic heterocycles. The van der Waals surface area contributed by atoms with Gasteiger partial charge in [-0.1, -0.05) is 0 Å². The highest BCUT2D eigenvalue weighted by atomic mass is 16.5. The maximum absolute atomic E-state index is 11.3. The lowest BCUT2D eigenvalue weighted by Gasteiger charge is -2.08. The monoisotopic (exact) mass is 274 g/mol. The van der Waals surface area contributed by atoms with E-state index < -0.39 is 5.97 Å². The van der Waals surface area contributed by atoms with Crippen LogP contribution in [0, 0.1) is 6.92 Å². The zero-order valence-corrected chi connectivity index (χ0v) is 11.0. The molecule has 3 rings (SSSR count). The molecule has 1 aromatic carbocycles. The van der Waals surface area contributed by atoms with Crippen LogP contribution in [-0.4, -0.2) is 34.5 Å². The molecule has 0 saturated carbocycles. The van der Waals surface area contributed by atoms with Crippen LogP contribution in [0.5, 0.6) is 11.5 Å². The van der Waals surface area contributed by atoms with Crippen molar-refractivity contribution in [1.29, 1.82) is 0 Å². The van der Waals surface area contributed by atoms with Gasteiger partial charge in [-0.15, -0.1) is 0 Å². The molecule has 0 unspecified atom stereocenters. The lowest BCUT2D eigenvalue weighted by atomic mass is 10.1. The number of ether oxygens (including phenoxy) is 2. The summed E-state index contributed by atoms with van der Waals surface area (Å²) < 4.78 is 11.2. The predicted octanol–water partition coefficient (Wildman–Crippen LogP) is 2.24. The summed E-state index contributed by atoms with van der Waals surface area (Å²) in [6.07, 6.45) is 0.825. The number of benzene rings is 1. The molecule has 6 heteroatoms. The Balaban J connectivity index is 2.07. The molecule has 2 N–H and O–H groups in total. The average molecular weight is 274 g/mol. The summed E-state index contributed by atoms with van der Waals surface area (Å²) in [6.45, 7) is 2.89. The Hall–Kier alpha value is -2.50. The molecule has 104 valence electrons. The Bertz CT molecular complexity index is 663. The number of nitrogens with one attached hydrogen (secondary N) is 1. The summed E-state index contributed by atoms with van der Waals surface area (Å²) >= 11 is 0. The Morgan fingerprint density at radius 2 is 2.05 bits per heavy atom. The fourth-order valence-electron chi connectivity index (χ4n) is 2.21. The van der Waals surface area contributed by atoms with Gasteiger partial charge in [0.1, 0.15) is 11.3 Å². The van der Waals surface area contributed by atoms with Crippen molar-refractivity contribution >= 4 is 5.97 Å². The van der Waals surface area contributed by atoms with Gasteiger partial charge in [0.25, 0.3) is 0 Å². The number of rotatable bonds is 2. The molecule has 20 heavy (non-hydrogen) atoms. The van der Waals surface area contributed by atoms with Crippen molar-refractivity contribution in [3.05, 3.63) is 29.5 Å². The van der Waals surface area contributed by atoms with E-state index in [0.717, 1.165) is 6.42 Å². The summed E-state index contributed by atoms with van der Waals surface area (Å²) in [5.41, 5.74) is 1.81. The second-order valence-corrected chi connectivity index (χ2v) is 4.59. The van der Waals surface area contributed by atoms with E-state index in [1.807, 2.05) is 0 Å². The van der Waals surface area contributed by atoms with Crippen molar-refractivity contribution in [2.24, 2.45) is 0 Å². The Morgan fingerprint density at radius 3 is 2.80 bits per heavy atom. The number of aromatic nitrogens is 2. The molecule has 0 atom stereocenters. The van der Waals surface area contributed by atoms with Crippen LogP contribution in [0.3, 0.4) is 0 Å². The maximum Gasteiger partial charge on any atom is 0.339 e. The lowest BCUT2D eigenvalue weighted by molar-refractivity contribution is 0.0697. The summed E-state index contributed by atoms with van der Waals surface area (Å²) in [7, 11) is 0. The van der Waals surface area contributed by atoms with E-state index in [-0.39, 0.29) is 5.56 Å². The van der Waals surface area contributed by atoms with E-state index >= 15 is 0 Å². The number of carbonyl (C=O) groups is 1. The second kappa shape index (κ2) is 4.88. The van der Waals surface area contributed by atoms with Crippen LogP contribution < -0.4 is 9.47 Å². The third-order valence-electron chi connectivity index (χ3n) is 3.18. The topological polar surface area (TPSA) is 84.4 Å². The number of aryl methyl sites for hydroxylation is 1. The highest BCUT2D eigenvalue weighted by Gasteiger charge is 2.20. The molecule has 2 heterocycles. The van der Waals surface area contributed by atoms with E-state index in [2.05, 4.69) is 10.2 Å². The zero-order chi connectivity index (χ0) is 14.1. The molecular weight excluding hydrogens is 260 g/mol. The third kappa shape index (κ3) is 2.09. The number of hydrogen-bond acceptors (Lipinski definition) is 4. The van der Waals surface area contributed by atoms with Gasteiger partial charge in [-0.2, -0.15) is 5.10 Å². The third-order valence-corrected chi connectivity index (χ3v) is 3.18. The first-order valence-electron chi connectivity index (χ1n) is 6.35. The van der Waals surface area contributed by atoms with Gasteiger partial charge in [0.05, 0.1) is 13.2 Å².